The average molecular weight is 519 g/mol. The fourth-order valence-electron chi connectivity index (χ4n) is 4.64. The molecule has 0 amide bonds. The van der Waals surface area contributed by atoms with Crippen LogP contribution in [0.1, 0.15) is 63.0 Å². The van der Waals surface area contributed by atoms with Gasteiger partial charge >= 0.3 is 5.97 Å². The van der Waals surface area contributed by atoms with Crippen molar-refractivity contribution in [1.82, 2.24) is 5.32 Å². The zero-order chi connectivity index (χ0) is 24.6. The summed E-state index contributed by atoms with van der Waals surface area (Å²) in [5.41, 5.74) is 4.30. The Hall–Kier alpha value is -2.27. The normalized spacial score (nSPS) is 21.2. The maximum atomic E-state index is 13.6. The van der Waals surface area contributed by atoms with Crippen LogP contribution in [-0.2, 0) is 14.3 Å². The van der Waals surface area contributed by atoms with E-state index in [0.717, 1.165) is 16.8 Å². The molecule has 0 radical (unpaired) electrons. The molecular weight excluding hydrogens is 493 g/mol. The average Bonchev–Trinajstić information content (AvgIpc) is 2.80. The predicted octanol–water partition coefficient (Wildman–Crippen LogP) is 7.35. The van der Waals surface area contributed by atoms with Crippen LogP contribution in [0.2, 0.25) is 15.1 Å². The van der Waals surface area contributed by atoms with Crippen molar-refractivity contribution >= 4 is 46.6 Å². The van der Waals surface area contributed by atoms with Gasteiger partial charge in [0.05, 0.1) is 21.7 Å². The molecule has 2 aromatic carbocycles. The smallest absolute Gasteiger partial charge is 0.337 e. The number of carbonyl (C=O) groups excluding carboxylic acids is 2. The van der Waals surface area contributed by atoms with Crippen LogP contribution < -0.4 is 5.32 Å². The van der Waals surface area contributed by atoms with Gasteiger partial charge in [-0.05, 0) is 68.0 Å². The molecule has 178 valence electrons. The second kappa shape index (κ2) is 10.2. The van der Waals surface area contributed by atoms with Gasteiger partial charge in [0, 0.05) is 34.3 Å². The molecule has 3 atom stereocenters. The summed E-state index contributed by atoms with van der Waals surface area (Å²) in [5.74, 6) is -1.01. The van der Waals surface area contributed by atoms with Gasteiger partial charge in [0.2, 0.25) is 0 Å². The number of carbonyl (C=O) groups is 2. The minimum absolute atomic E-state index is 0.00823. The third kappa shape index (κ3) is 4.91. The zero-order valence-corrected chi connectivity index (χ0v) is 21.5. The number of nitrogens with one attached hydrogen (secondary N) is 1. The van der Waals surface area contributed by atoms with E-state index >= 15 is 0 Å². The summed E-state index contributed by atoms with van der Waals surface area (Å²) < 4.78 is 5.69. The molecule has 4 rings (SSSR count). The first-order valence-corrected chi connectivity index (χ1v) is 12.5. The Morgan fingerprint density at radius 2 is 1.74 bits per heavy atom. The quantitative estimate of drug-likeness (QED) is 0.420. The highest BCUT2D eigenvalue weighted by molar-refractivity contribution is 6.42. The van der Waals surface area contributed by atoms with Crippen molar-refractivity contribution in [2.45, 2.75) is 58.0 Å². The van der Waals surface area contributed by atoms with E-state index in [1.54, 1.807) is 12.1 Å². The molecular formula is C27H26Cl3NO3. The minimum atomic E-state index is -0.582. The van der Waals surface area contributed by atoms with Crippen LogP contribution in [0, 0.1) is 0 Å². The molecule has 2 aliphatic rings. The molecule has 1 aliphatic heterocycles. The number of esters is 1. The van der Waals surface area contributed by atoms with Gasteiger partial charge in [-0.3, -0.25) is 4.79 Å². The zero-order valence-electron chi connectivity index (χ0n) is 19.3. The molecule has 4 nitrogen and oxygen atoms in total. The fourth-order valence-corrected chi connectivity index (χ4v) is 5.07. The highest BCUT2D eigenvalue weighted by Crippen LogP contribution is 2.46. The van der Waals surface area contributed by atoms with Gasteiger partial charge < -0.3 is 10.1 Å². The summed E-state index contributed by atoms with van der Waals surface area (Å²) in [6.07, 6.45) is 1.44. The van der Waals surface area contributed by atoms with Crippen molar-refractivity contribution in [3.63, 3.8) is 0 Å². The number of allylic oxidation sites excluding steroid dienone is 3. The van der Waals surface area contributed by atoms with Crippen molar-refractivity contribution in [2.75, 3.05) is 0 Å². The molecule has 0 spiro atoms. The third-order valence-corrected chi connectivity index (χ3v) is 7.54. The molecule has 2 aromatic rings. The van der Waals surface area contributed by atoms with Crippen molar-refractivity contribution in [3.8, 4) is 0 Å². The van der Waals surface area contributed by atoms with Crippen LogP contribution >= 0.6 is 34.8 Å². The molecule has 0 unspecified atom stereocenters. The number of Topliss-reactive ketones (excluding diaryl/α,β-unsaturated/α-hetero) is 1. The van der Waals surface area contributed by atoms with Crippen molar-refractivity contribution in [2.24, 2.45) is 0 Å². The molecule has 0 bridgehead atoms. The fraction of sp³-hybridized carbons (Fsp3) is 0.333. The second-order valence-electron chi connectivity index (χ2n) is 8.87. The van der Waals surface area contributed by atoms with Crippen LogP contribution in [0.15, 0.2) is 65.0 Å². The first kappa shape index (κ1) is 24.8. The van der Waals surface area contributed by atoms with E-state index < -0.39 is 11.9 Å². The Labute approximate surface area is 214 Å². The molecule has 0 saturated carbocycles. The lowest BCUT2D eigenvalue weighted by atomic mass is 9.71. The number of rotatable bonds is 5. The molecule has 0 saturated heterocycles. The van der Waals surface area contributed by atoms with E-state index in [0.29, 0.717) is 51.2 Å². The highest BCUT2D eigenvalue weighted by atomic mass is 35.5. The van der Waals surface area contributed by atoms with Crippen LogP contribution in [-0.4, -0.2) is 17.9 Å². The molecule has 1 aliphatic carbocycles. The first-order valence-electron chi connectivity index (χ1n) is 11.3. The van der Waals surface area contributed by atoms with Gasteiger partial charge in [0.25, 0.3) is 0 Å². The van der Waals surface area contributed by atoms with Crippen molar-refractivity contribution < 1.29 is 14.3 Å². The van der Waals surface area contributed by atoms with E-state index in [1.165, 1.54) is 0 Å². The van der Waals surface area contributed by atoms with Gasteiger partial charge in [0.15, 0.2) is 5.78 Å². The molecule has 34 heavy (non-hydrogen) atoms. The summed E-state index contributed by atoms with van der Waals surface area (Å²) >= 11 is 18.6. The number of hydrogen-bond donors (Lipinski definition) is 1. The van der Waals surface area contributed by atoms with E-state index in [1.807, 2.05) is 51.1 Å². The molecule has 7 heteroatoms. The molecule has 0 fully saturated rings. The Morgan fingerprint density at radius 3 is 2.38 bits per heavy atom. The highest BCUT2D eigenvalue weighted by Gasteiger charge is 2.41. The van der Waals surface area contributed by atoms with Crippen LogP contribution in [0.25, 0.3) is 0 Å². The summed E-state index contributed by atoms with van der Waals surface area (Å²) in [7, 11) is 0. The van der Waals surface area contributed by atoms with E-state index in [-0.39, 0.29) is 17.8 Å². The predicted molar refractivity (Wildman–Crippen MR) is 136 cm³/mol. The van der Waals surface area contributed by atoms with Gasteiger partial charge in [-0.2, -0.15) is 0 Å². The van der Waals surface area contributed by atoms with Crippen LogP contribution in [0.3, 0.4) is 0 Å². The Balaban J connectivity index is 1.79. The maximum absolute atomic E-state index is 13.6. The Morgan fingerprint density at radius 1 is 1.06 bits per heavy atom. The lowest BCUT2D eigenvalue weighted by Gasteiger charge is -2.37. The van der Waals surface area contributed by atoms with Crippen molar-refractivity contribution in [1.29, 1.82) is 0 Å². The van der Waals surface area contributed by atoms with Gasteiger partial charge in [-0.1, -0.05) is 59.9 Å². The van der Waals surface area contributed by atoms with E-state index in [9.17, 15) is 9.59 Å². The standard InChI is InChI=1S/C27H26Cl3NO3/c1-4-14(2)34-27(33)24-15(3)31-22-12-18(16-5-8-19(28)9-6-16)13-23(32)26(22)25(24)17-7-10-20(29)21(30)11-17/h5-11,14,18,25,31H,4,12-13H2,1-3H3/t14-,18+,25-/m0/s1. The van der Waals surface area contributed by atoms with Gasteiger partial charge in [0.1, 0.15) is 0 Å². The summed E-state index contributed by atoms with van der Waals surface area (Å²) in [6, 6.07) is 12.8. The summed E-state index contributed by atoms with van der Waals surface area (Å²) in [6.45, 7) is 5.65. The summed E-state index contributed by atoms with van der Waals surface area (Å²) in [4.78, 5) is 26.9. The SMILES string of the molecule is CC[C@H](C)OC(=O)C1=C(C)NC2=C(C(=O)C[C@H](c3ccc(Cl)cc3)C2)[C@H]1c1ccc(Cl)c(Cl)c1. The Bertz CT molecular complexity index is 1200. The minimum Gasteiger partial charge on any atom is -0.459 e. The summed E-state index contributed by atoms with van der Waals surface area (Å²) in [5, 5.41) is 4.80. The van der Waals surface area contributed by atoms with Crippen molar-refractivity contribution in [3.05, 3.63) is 91.2 Å². The van der Waals surface area contributed by atoms with E-state index in [2.05, 4.69) is 5.32 Å². The number of benzene rings is 2. The van der Waals surface area contributed by atoms with E-state index in [4.69, 9.17) is 39.5 Å². The molecule has 1 N–H and O–H groups in total. The monoisotopic (exact) mass is 517 g/mol. The lowest BCUT2D eigenvalue weighted by Crippen LogP contribution is -2.36. The number of ketones is 1. The largest absolute Gasteiger partial charge is 0.459 e. The number of ether oxygens (including phenoxy) is 1. The lowest BCUT2D eigenvalue weighted by molar-refractivity contribution is -0.144. The third-order valence-electron chi connectivity index (χ3n) is 6.55. The number of halogens is 3. The van der Waals surface area contributed by atoms with Gasteiger partial charge in [-0.25, -0.2) is 4.79 Å². The first-order chi connectivity index (χ1) is 16.2. The number of hydrogen-bond acceptors (Lipinski definition) is 4. The maximum Gasteiger partial charge on any atom is 0.337 e. The molecule has 0 aromatic heterocycles. The van der Waals surface area contributed by atoms with Gasteiger partial charge in [-0.15, -0.1) is 0 Å². The Kier molecular flexibility index (Phi) is 7.42. The van der Waals surface area contributed by atoms with Crippen LogP contribution in [0.5, 0.6) is 0 Å². The number of dihydropyridines is 1. The molecule has 1 heterocycles. The topological polar surface area (TPSA) is 55.4 Å². The van der Waals surface area contributed by atoms with Crippen LogP contribution in [0.4, 0.5) is 0 Å². The second-order valence-corrected chi connectivity index (χ2v) is 10.1.